The van der Waals surface area contributed by atoms with Gasteiger partial charge in [-0.2, -0.15) is 4.98 Å². The average Bonchev–Trinajstić information content (AvgIpc) is 2.58. The molecule has 8 nitrogen and oxygen atoms in total. The van der Waals surface area contributed by atoms with Crippen LogP contribution in [0.15, 0.2) is 55.1 Å². The number of hydrogen-bond acceptors (Lipinski definition) is 7. The highest BCUT2D eigenvalue weighted by atomic mass is 35.5. The van der Waals surface area contributed by atoms with E-state index in [-0.39, 0.29) is 11.7 Å². The number of pyridine rings is 1. The van der Waals surface area contributed by atoms with E-state index in [1.165, 1.54) is 6.20 Å². The van der Waals surface area contributed by atoms with Gasteiger partial charge in [0, 0.05) is 6.20 Å². The van der Waals surface area contributed by atoms with Crippen LogP contribution < -0.4 is 10.1 Å². The Morgan fingerprint density at radius 3 is 2.71 bits per heavy atom. The zero-order valence-electron chi connectivity index (χ0n) is 12.1. The number of nitrogens with one attached hydrogen (secondary N) is 1. The smallest absolute Gasteiger partial charge is 0.373 e. The summed E-state index contributed by atoms with van der Waals surface area (Å²) in [6.45, 7) is 0. The maximum absolute atomic E-state index is 11.5. The zero-order valence-corrected chi connectivity index (χ0v) is 12.8. The topological polar surface area (TPSA) is 103 Å². The molecule has 120 valence electrons. The molecule has 0 fully saturated rings. The van der Waals surface area contributed by atoms with E-state index in [0.717, 1.165) is 6.33 Å². The van der Waals surface area contributed by atoms with Gasteiger partial charge in [-0.05, 0) is 24.3 Å². The molecule has 0 saturated carbocycles. The number of hydrogen-bond donors (Lipinski definition) is 1. The highest BCUT2D eigenvalue weighted by Crippen LogP contribution is 2.36. The minimum absolute atomic E-state index is 0.0259. The molecule has 2 aromatic heterocycles. The van der Waals surface area contributed by atoms with E-state index in [2.05, 4.69) is 20.3 Å². The molecule has 3 aromatic rings. The van der Waals surface area contributed by atoms with Gasteiger partial charge in [-0.1, -0.05) is 23.7 Å². The van der Waals surface area contributed by atoms with Crippen LogP contribution in [0.5, 0.6) is 11.6 Å². The molecule has 1 aromatic carbocycles. The van der Waals surface area contributed by atoms with Gasteiger partial charge < -0.3 is 10.1 Å². The molecule has 0 aliphatic rings. The minimum atomic E-state index is -0.620. The molecule has 2 heterocycles. The highest BCUT2D eigenvalue weighted by molar-refractivity contribution is 6.33. The second-order valence-corrected chi connectivity index (χ2v) is 4.94. The first-order chi connectivity index (χ1) is 11.6. The van der Waals surface area contributed by atoms with E-state index in [9.17, 15) is 10.1 Å². The predicted octanol–water partition coefficient (Wildman–Crippen LogP) is 3.97. The molecule has 0 bridgehead atoms. The lowest BCUT2D eigenvalue weighted by atomic mass is 10.3. The van der Waals surface area contributed by atoms with Crippen molar-refractivity contribution in [1.82, 2.24) is 15.0 Å². The van der Waals surface area contributed by atoms with Gasteiger partial charge in [-0.3, -0.25) is 15.1 Å². The minimum Gasteiger partial charge on any atom is -0.432 e. The Morgan fingerprint density at radius 2 is 2.00 bits per heavy atom. The maximum Gasteiger partial charge on any atom is 0.373 e. The van der Waals surface area contributed by atoms with Crippen molar-refractivity contribution in [3.8, 4) is 11.6 Å². The van der Waals surface area contributed by atoms with Crippen LogP contribution in [0.4, 0.5) is 17.2 Å². The zero-order chi connectivity index (χ0) is 16.9. The standard InChI is InChI=1S/C15H10ClN5O3/c16-11-5-1-2-6-12(11)20-14-13(21(22)23)15(19-9-18-14)24-10-4-3-7-17-8-10/h1-9H,(H,18,19,20). The number of rotatable bonds is 5. The van der Waals surface area contributed by atoms with Crippen molar-refractivity contribution in [3.63, 3.8) is 0 Å². The molecular weight excluding hydrogens is 334 g/mol. The summed E-state index contributed by atoms with van der Waals surface area (Å²) in [4.78, 5) is 22.5. The SMILES string of the molecule is O=[N+]([O-])c1c(Nc2ccccc2Cl)ncnc1Oc1cccnc1. The van der Waals surface area contributed by atoms with Crippen LogP contribution in [-0.2, 0) is 0 Å². The molecular formula is C15H10ClN5O3. The number of para-hydroxylation sites is 1. The van der Waals surface area contributed by atoms with Crippen LogP contribution in [0.3, 0.4) is 0 Å². The Hall–Kier alpha value is -3.26. The molecule has 24 heavy (non-hydrogen) atoms. The summed E-state index contributed by atoms with van der Waals surface area (Å²) < 4.78 is 5.45. The van der Waals surface area contributed by atoms with Gasteiger partial charge >= 0.3 is 11.6 Å². The van der Waals surface area contributed by atoms with E-state index in [1.54, 1.807) is 42.6 Å². The van der Waals surface area contributed by atoms with Crippen molar-refractivity contribution >= 4 is 28.8 Å². The number of benzene rings is 1. The molecule has 3 rings (SSSR count). The van der Waals surface area contributed by atoms with Gasteiger partial charge in [0.15, 0.2) is 0 Å². The Morgan fingerprint density at radius 1 is 1.17 bits per heavy atom. The van der Waals surface area contributed by atoms with Gasteiger partial charge in [0.05, 0.1) is 21.8 Å². The maximum atomic E-state index is 11.5. The van der Waals surface area contributed by atoms with Crippen molar-refractivity contribution in [2.24, 2.45) is 0 Å². The number of halogens is 1. The summed E-state index contributed by atoms with van der Waals surface area (Å²) >= 11 is 6.06. The Balaban J connectivity index is 1.99. The van der Waals surface area contributed by atoms with Crippen LogP contribution in [0.2, 0.25) is 5.02 Å². The molecule has 0 saturated heterocycles. The van der Waals surface area contributed by atoms with E-state index >= 15 is 0 Å². The van der Waals surface area contributed by atoms with Crippen molar-refractivity contribution in [1.29, 1.82) is 0 Å². The van der Waals surface area contributed by atoms with Gasteiger partial charge in [-0.15, -0.1) is 0 Å². The van der Waals surface area contributed by atoms with Crippen LogP contribution >= 0.6 is 11.6 Å². The van der Waals surface area contributed by atoms with Gasteiger partial charge in [0.1, 0.15) is 12.1 Å². The monoisotopic (exact) mass is 343 g/mol. The fourth-order valence-corrected chi connectivity index (χ4v) is 2.09. The summed E-state index contributed by atoms with van der Waals surface area (Å²) in [5.74, 6) is 0.0996. The molecule has 9 heteroatoms. The quantitative estimate of drug-likeness (QED) is 0.552. The van der Waals surface area contributed by atoms with Crippen LogP contribution in [-0.4, -0.2) is 19.9 Å². The Kier molecular flexibility index (Phi) is 4.48. The Bertz CT molecular complexity index is 876. The molecule has 0 aliphatic carbocycles. The van der Waals surface area contributed by atoms with Crippen molar-refractivity contribution in [2.75, 3.05) is 5.32 Å². The first kappa shape index (κ1) is 15.6. The fourth-order valence-electron chi connectivity index (χ4n) is 1.90. The fraction of sp³-hybridized carbons (Fsp3) is 0. The van der Waals surface area contributed by atoms with Crippen LogP contribution in [0.1, 0.15) is 0 Å². The first-order valence-electron chi connectivity index (χ1n) is 6.74. The van der Waals surface area contributed by atoms with E-state index in [1.807, 2.05) is 0 Å². The van der Waals surface area contributed by atoms with E-state index < -0.39 is 10.6 Å². The lowest BCUT2D eigenvalue weighted by Gasteiger charge is -2.10. The van der Waals surface area contributed by atoms with Crippen molar-refractivity contribution in [3.05, 3.63) is 70.3 Å². The van der Waals surface area contributed by atoms with Crippen LogP contribution in [0, 0.1) is 10.1 Å². The first-order valence-corrected chi connectivity index (χ1v) is 7.12. The lowest BCUT2D eigenvalue weighted by molar-refractivity contribution is -0.385. The third kappa shape index (κ3) is 3.39. The number of ether oxygens (including phenoxy) is 1. The molecule has 1 N–H and O–H groups in total. The van der Waals surface area contributed by atoms with E-state index in [4.69, 9.17) is 16.3 Å². The molecule has 0 radical (unpaired) electrons. The number of nitro groups is 1. The van der Waals surface area contributed by atoms with Gasteiger partial charge in [0.2, 0.25) is 5.82 Å². The number of nitrogens with zero attached hydrogens (tertiary/aromatic N) is 4. The second-order valence-electron chi connectivity index (χ2n) is 4.53. The summed E-state index contributed by atoms with van der Waals surface area (Å²) in [5, 5.41) is 14.7. The van der Waals surface area contributed by atoms with Gasteiger partial charge in [-0.25, -0.2) is 4.98 Å². The summed E-state index contributed by atoms with van der Waals surface area (Å²) in [6.07, 6.45) is 4.15. The van der Waals surface area contributed by atoms with Crippen molar-refractivity contribution < 1.29 is 9.66 Å². The second kappa shape index (κ2) is 6.88. The lowest BCUT2D eigenvalue weighted by Crippen LogP contribution is -2.03. The molecule has 0 aliphatic heterocycles. The highest BCUT2D eigenvalue weighted by Gasteiger charge is 2.25. The summed E-state index contributed by atoms with van der Waals surface area (Å²) in [6, 6.07) is 10.1. The van der Waals surface area contributed by atoms with Crippen LogP contribution in [0.25, 0.3) is 0 Å². The molecule has 0 spiro atoms. The Labute approximate surface area is 141 Å². The number of anilines is 2. The third-order valence-corrected chi connectivity index (χ3v) is 3.28. The normalized spacial score (nSPS) is 10.2. The summed E-state index contributed by atoms with van der Waals surface area (Å²) in [5.41, 5.74) is 0.0783. The van der Waals surface area contributed by atoms with Gasteiger partial charge in [0.25, 0.3) is 0 Å². The predicted molar refractivity (Wildman–Crippen MR) is 87.7 cm³/mol. The van der Waals surface area contributed by atoms with Crippen molar-refractivity contribution in [2.45, 2.75) is 0 Å². The van der Waals surface area contributed by atoms with E-state index in [0.29, 0.717) is 16.5 Å². The third-order valence-electron chi connectivity index (χ3n) is 2.95. The summed E-state index contributed by atoms with van der Waals surface area (Å²) in [7, 11) is 0. The molecule has 0 atom stereocenters. The largest absolute Gasteiger partial charge is 0.432 e. The molecule has 0 amide bonds. The number of aromatic nitrogens is 3. The average molecular weight is 344 g/mol. The molecule has 0 unspecified atom stereocenters.